The Morgan fingerprint density at radius 1 is 0.805 bits per heavy atom. The van der Waals surface area contributed by atoms with E-state index < -0.39 is 0 Å². The molecule has 0 radical (unpaired) electrons. The number of rotatable bonds is 9. The molecular formula is C33H37N5O3. The van der Waals surface area contributed by atoms with E-state index in [1.165, 1.54) is 19.3 Å². The standard InChI is InChI=1S/C33H37N5O3/c1-40-28-14-11-25(12-15-28)24-7-9-26(10-8-24)32(39)34-27-13-16-29-30(23-27)35-31(38-19-3-2-4-20-38)33(36-29)41-22-21-37-17-5-6-18-37/h7-16,23H,2-6,17-22H2,1H3,(H,34,39). The Bertz CT molecular complexity index is 1480. The molecule has 8 nitrogen and oxygen atoms in total. The van der Waals surface area contributed by atoms with Crippen molar-refractivity contribution in [3.63, 3.8) is 0 Å². The smallest absolute Gasteiger partial charge is 0.258 e. The molecule has 1 N–H and O–H groups in total. The van der Waals surface area contributed by atoms with Crippen molar-refractivity contribution >= 4 is 28.4 Å². The van der Waals surface area contributed by atoms with Gasteiger partial charge in [-0.1, -0.05) is 24.3 Å². The molecular weight excluding hydrogens is 514 g/mol. The zero-order valence-corrected chi connectivity index (χ0v) is 23.6. The lowest BCUT2D eigenvalue weighted by Crippen LogP contribution is -2.31. The number of piperidine rings is 1. The topological polar surface area (TPSA) is 79.8 Å². The summed E-state index contributed by atoms with van der Waals surface area (Å²) in [6, 6.07) is 21.1. The average Bonchev–Trinajstić information content (AvgIpc) is 3.55. The van der Waals surface area contributed by atoms with Crippen LogP contribution in [0.1, 0.15) is 42.5 Å². The van der Waals surface area contributed by atoms with E-state index >= 15 is 0 Å². The maximum atomic E-state index is 13.1. The van der Waals surface area contributed by atoms with E-state index in [1.807, 2.05) is 66.7 Å². The predicted molar refractivity (Wildman–Crippen MR) is 163 cm³/mol. The summed E-state index contributed by atoms with van der Waals surface area (Å²) in [6.45, 7) is 5.70. The number of anilines is 2. The fraction of sp³-hybridized carbons (Fsp3) is 0.364. The Balaban J connectivity index is 1.18. The van der Waals surface area contributed by atoms with Gasteiger partial charge in [0.2, 0.25) is 0 Å². The van der Waals surface area contributed by atoms with Gasteiger partial charge in [0.05, 0.1) is 18.1 Å². The first-order chi connectivity index (χ1) is 20.2. The molecule has 0 atom stereocenters. The molecule has 2 saturated heterocycles. The van der Waals surface area contributed by atoms with Crippen LogP contribution < -0.4 is 19.7 Å². The summed E-state index contributed by atoms with van der Waals surface area (Å²) in [5, 5.41) is 3.03. The highest BCUT2D eigenvalue weighted by Gasteiger charge is 2.21. The van der Waals surface area contributed by atoms with Crippen LogP contribution in [0.4, 0.5) is 11.5 Å². The number of carbonyl (C=O) groups excluding carboxylic acids is 1. The molecule has 0 bridgehead atoms. The third kappa shape index (κ3) is 6.43. The zero-order chi connectivity index (χ0) is 28.0. The van der Waals surface area contributed by atoms with Crippen molar-refractivity contribution in [2.45, 2.75) is 32.1 Å². The van der Waals surface area contributed by atoms with E-state index in [2.05, 4.69) is 15.1 Å². The van der Waals surface area contributed by atoms with Crippen LogP contribution in [0.5, 0.6) is 11.6 Å². The predicted octanol–water partition coefficient (Wildman–Crippen LogP) is 6.02. The number of amides is 1. The number of hydrogen-bond acceptors (Lipinski definition) is 7. The van der Waals surface area contributed by atoms with Gasteiger partial charge in [0.1, 0.15) is 12.4 Å². The van der Waals surface area contributed by atoms with Gasteiger partial charge in [-0.15, -0.1) is 0 Å². The fourth-order valence-electron chi connectivity index (χ4n) is 5.59. The van der Waals surface area contributed by atoms with E-state index in [9.17, 15) is 4.79 Å². The van der Waals surface area contributed by atoms with Gasteiger partial charge >= 0.3 is 0 Å². The van der Waals surface area contributed by atoms with E-state index in [0.29, 0.717) is 23.7 Å². The monoisotopic (exact) mass is 551 g/mol. The molecule has 3 aromatic carbocycles. The lowest BCUT2D eigenvalue weighted by atomic mass is 10.0. The Kier molecular flexibility index (Phi) is 8.28. The van der Waals surface area contributed by atoms with Crippen LogP contribution in [0, 0.1) is 0 Å². The van der Waals surface area contributed by atoms with Crippen molar-refractivity contribution in [2.75, 3.05) is 56.7 Å². The highest BCUT2D eigenvalue weighted by molar-refractivity contribution is 6.05. The van der Waals surface area contributed by atoms with E-state index in [-0.39, 0.29) is 5.91 Å². The number of nitrogens with one attached hydrogen (secondary N) is 1. The minimum absolute atomic E-state index is 0.170. The van der Waals surface area contributed by atoms with E-state index in [1.54, 1.807) is 7.11 Å². The largest absolute Gasteiger partial charge is 0.497 e. The number of ether oxygens (including phenoxy) is 2. The molecule has 4 aromatic rings. The molecule has 2 aliphatic rings. The van der Waals surface area contributed by atoms with Crippen molar-refractivity contribution in [1.82, 2.24) is 14.9 Å². The zero-order valence-electron chi connectivity index (χ0n) is 23.6. The SMILES string of the molecule is COc1ccc(-c2ccc(C(=O)Nc3ccc4nc(OCCN5CCCC5)c(N5CCCCC5)nc4c3)cc2)cc1. The highest BCUT2D eigenvalue weighted by Crippen LogP contribution is 2.31. The fourth-order valence-corrected chi connectivity index (χ4v) is 5.59. The second-order valence-corrected chi connectivity index (χ2v) is 10.8. The lowest BCUT2D eigenvalue weighted by Gasteiger charge is -2.29. The highest BCUT2D eigenvalue weighted by atomic mass is 16.5. The third-order valence-electron chi connectivity index (χ3n) is 7.94. The molecule has 8 heteroatoms. The van der Waals surface area contributed by atoms with Crippen LogP contribution in [-0.2, 0) is 0 Å². The molecule has 2 fully saturated rings. The van der Waals surface area contributed by atoms with Gasteiger partial charge in [-0.25, -0.2) is 9.97 Å². The number of carbonyl (C=O) groups is 1. The van der Waals surface area contributed by atoms with Crippen LogP contribution >= 0.6 is 0 Å². The number of nitrogens with zero attached hydrogens (tertiary/aromatic N) is 4. The number of aromatic nitrogens is 2. The molecule has 1 aromatic heterocycles. The van der Waals surface area contributed by atoms with Crippen LogP contribution in [-0.4, -0.2) is 67.2 Å². The molecule has 0 saturated carbocycles. The van der Waals surface area contributed by atoms with Gasteiger partial charge in [-0.05, 0) is 98.8 Å². The number of fused-ring (bicyclic) bond motifs is 1. The van der Waals surface area contributed by atoms with Crippen molar-refractivity contribution < 1.29 is 14.3 Å². The molecule has 0 aliphatic carbocycles. The number of methoxy groups -OCH3 is 1. The molecule has 2 aliphatic heterocycles. The summed E-state index contributed by atoms with van der Waals surface area (Å²) in [5.41, 5.74) is 4.87. The van der Waals surface area contributed by atoms with Crippen LogP contribution in [0.3, 0.4) is 0 Å². The number of likely N-dealkylation sites (tertiary alicyclic amines) is 1. The quantitative estimate of drug-likeness (QED) is 0.272. The summed E-state index contributed by atoms with van der Waals surface area (Å²) in [6.07, 6.45) is 6.05. The van der Waals surface area contributed by atoms with Gasteiger partial charge in [0, 0.05) is 30.9 Å². The first-order valence-electron chi connectivity index (χ1n) is 14.6. The van der Waals surface area contributed by atoms with E-state index in [0.717, 1.165) is 79.3 Å². The molecule has 1 amide bonds. The first-order valence-corrected chi connectivity index (χ1v) is 14.6. The van der Waals surface area contributed by atoms with Crippen LogP contribution in [0.2, 0.25) is 0 Å². The summed E-state index contributed by atoms with van der Waals surface area (Å²) in [5.74, 6) is 2.05. The maximum Gasteiger partial charge on any atom is 0.258 e. The molecule has 0 unspecified atom stereocenters. The molecule has 41 heavy (non-hydrogen) atoms. The average molecular weight is 552 g/mol. The van der Waals surface area contributed by atoms with Gasteiger partial charge in [0.25, 0.3) is 11.8 Å². The third-order valence-corrected chi connectivity index (χ3v) is 7.94. The minimum Gasteiger partial charge on any atom is -0.497 e. The Morgan fingerprint density at radius 3 is 2.20 bits per heavy atom. The number of hydrogen-bond donors (Lipinski definition) is 1. The van der Waals surface area contributed by atoms with Crippen molar-refractivity contribution in [2.24, 2.45) is 0 Å². The van der Waals surface area contributed by atoms with Crippen molar-refractivity contribution in [3.8, 4) is 22.8 Å². The second-order valence-electron chi connectivity index (χ2n) is 10.8. The summed E-state index contributed by atoms with van der Waals surface area (Å²) < 4.78 is 11.5. The van der Waals surface area contributed by atoms with Crippen molar-refractivity contribution in [3.05, 3.63) is 72.3 Å². The van der Waals surface area contributed by atoms with E-state index in [4.69, 9.17) is 19.4 Å². The van der Waals surface area contributed by atoms with Crippen LogP contribution in [0.15, 0.2) is 66.7 Å². The summed E-state index contributed by atoms with van der Waals surface area (Å²) >= 11 is 0. The van der Waals surface area contributed by atoms with Gasteiger partial charge in [-0.3, -0.25) is 9.69 Å². The molecule has 3 heterocycles. The Morgan fingerprint density at radius 2 is 1.49 bits per heavy atom. The van der Waals surface area contributed by atoms with Crippen LogP contribution in [0.25, 0.3) is 22.2 Å². The van der Waals surface area contributed by atoms with Gasteiger partial charge in [-0.2, -0.15) is 0 Å². The maximum absolute atomic E-state index is 13.1. The molecule has 212 valence electrons. The van der Waals surface area contributed by atoms with Crippen molar-refractivity contribution in [1.29, 1.82) is 0 Å². The first kappa shape index (κ1) is 27.0. The normalized spacial score (nSPS) is 15.7. The number of benzene rings is 3. The van der Waals surface area contributed by atoms with Gasteiger partial charge < -0.3 is 19.7 Å². The second kappa shape index (κ2) is 12.6. The Labute approximate surface area is 241 Å². The van der Waals surface area contributed by atoms with Gasteiger partial charge in [0.15, 0.2) is 5.82 Å². The summed E-state index contributed by atoms with van der Waals surface area (Å²) in [4.78, 5) is 27.7. The Hall–Kier alpha value is -4.17. The molecule has 6 rings (SSSR count). The lowest BCUT2D eigenvalue weighted by molar-refractivity contribution is 0.102. The molecule has 0 spiro atoms. The minimum atomic E-state index is -0.170. The summed E-state index contributed by atoms with van der Waals surface area (Å²) in [7, 11) is 1.65.